The summed E-state index contributed by atoms with van der Waals surface area (Å²) in [5.74, 6) is -0.0385. The van der Waals surface area contributed by atoms with Crippen molar-refractivity contribution in [3.63, 3.8) is 0 Å². The fraction of sp³-hybridized carbons (Fsp3) is 0.926. The summed E-state index contributed by atoms with van der Waals surface area (Å²) in [4.78, 5) is 24.4. The summed E-state index contributed by atoms with van der Waals surface area (Å²) in [5.41, 5.74) is 0. The molecule has 6 nitrogen and oxygen atoms in total. The molecule has 0 aliphatic heterocycles. The quantitative estimate of drug-likeness (QED) is 0.0322. The Labute approximate surface area is 374 Å². The Balaban J connectivity index is 3.38. The first kappa shape index (κ1) is 58.6. The lowest BCUT2D eigenvalue weighted by molar-refractivity contribution is -0.143. The SMILES string of the molecule is CCCCCC/C=C\CCCCCCCC(=O)OCCCCCCCCCCCCCCCCCCCCCC(=O)NC(CO)C(O)CCCCCCCCCCCCC. The van der Waals surface area contributed by atoms with Crippen molar-refractivity contribution in [3.8, 4) is 0 Å². The zero-order valence-corrected chi connectivity index (χ0v) is 40.5. The minimum absolute atomic E-state index is 0.000113. The van der Waals surface area contributed by atoms with Crippen LogP contribution in [0.25, 0.3) is 0 Å². The first-order chi connectivity index (χ1) is 29.5. The number of carbonyl (C=O) groups excluding carboxylic acids is 2. The number of ether oxygens (including phenoxy) is 1. The molecule has 0 aromatic heterocycles. The highest BCUT2D eigenvalue weighted by molar-refractivity contribution is 5.76. The Hall–Kier alpha value is -1.40. The Morgan fingerprint density at radius 2 is 0.783 bits per heavy atom. The lowest BCUT2D eigenvalue weighted by Crippen LogP contribution is -2.45. The van der Waals surface area contributed by atoms with Crippen LogP contribution in [0.15, 0.2) is 12.2 Å². The van der Waals surface area contributed by atoms with Gasteiger partial charge in [0.25, 0.3) is 0 Å². The Bertz CT molecular complexity index is 893. The van der Waals surface area contributed by atoms with E-state index in [1.807, 2.05) is 0 Å². The van der Waals surface area contributed by atoms with Crippen LogP contribution in [0.5, 0.6) is 0 Å². The van der Waals surface area contributed by atoms with Crippen molar-refractivity contribution in [1.29, 1.82) is 0 Å². The molecular formula is C54H105NO5. The first-order valence-electron chi connectivity index (χ1n) is 26.9. The maximum atomic E-state index is 12.4. The molecule has 6 heteroatoms. The molecule has 0 heterocycles. The summed E-state index contributed by atoms with van der Waals surface area (Å²) in [7, 11) is 0. The maximum Gasteiger partial charge on any atom is 0.305 e. The molecule has 0 aromatic rings. The Morgan fingerprint density at radius 3 is 1.20 bits per heavy atom. The van der Waals surface area contributed by atoms with Gasteiger partial charge in [-0.1, -0.05) is 244 Å². The second-order valence-electron chi connectivity index (χ2n) is 18.6. The third-order valence-corrected chi connectivity index (χ3v) is 12.6. The van der Waals surface area contributed by atoms with Gasteiger partial charge in [0, 0.05) is 12.8 Å². The number of esters is 1. The van der Waals surface area contributed by atoms with Crippen molar-refractivity contribution in [2.45, 2.75) is 309 Å². The van der Waals surface area contributed by atoms with Crippen molar-refractivity contribution in [3.05, 3.63) is 12.2 Å². The number of amides is 1. The van der Waals surface area contributed by atoms with E-state index in [-0.39, 0.29) is 18.5 Å². The molecule has 0 aliphatic rings. The summed E-state index contributed by atoms with van der Waals surface area (Å²) >= 11 is 0. The second-order valence-corrected chi connectivity index (χ2v) is 18.6. The fourth-order valence-corrected chi connectivity index (χ4v) is 8.40. The topological polar surface area (TPSA) is 95.9 Å². The minimum Gasteiger partial charge on any atom is -0.466 e. The summed E-state index contributed by atoms with van der Waals surface area (Å²) < 4.78 is 5.46. The molecule has 0 aromatic carbocycles. The van der Waals surface area contributed by atoms with E-state index in [1.54, 1.807) is 0 Å². The number of rotatable bonds is 50. The number of aliphatic hydroxyl groups is 2. The number of carbonyl (C=O) groups is 2. The van der Waals surface area contributed by atoms with Crippen molar-refractivity contribution in [1.82, 2.24) is 5.32 Å². The Kier molecular flexibility index (Phi) is 49.1. The molecule has 0 saturated heterocycles. The predicted molar refractivity (Wildman–Crippen MR) is 260 cm³/mol. The van der Waals surface area contributed by atoms with Crippen molar-refractivity contribution in [2.24, 2.45) is 0 Å². The van der Waals surface area contributed by atoms with E-state index in [4.69, 9.17) is 4.74 Å². The second kappa shape index (κ2) is 50.2. The monoisotopic (exact) mass is 848 g/mol. The summed E-state index contributed by atoms with van der Waals surface area (Å²) in [6.45, 7) is 4.93. The molecule has 0 radical (unpaired) electrons. The molecule has 1 amide bonds. The smallest absolute Gasteiger partial charge is 0.305 e. The number of aliphatic hydroxyl groups excluding tert-OH is 2. The van der Waals surface area contributed by atoms with Gasteiger partial charge < -0.3 is 20.3 Å². The third kappa shape index (κ3) is 46.1. The van der Waals surface area contributed by atoms with Gasteiger partial charge in [0.1, 0.15) is 0 Å². The van der Waals surface area contributed by atoms with Gasteiger partial charge in [-0.25, -0.2) is 0 Å². The van der Waals surface area contributed by atoms with Crippen LogP contribution in [0.2, 0.25) is 0 Å². The van der Waals surface area contributed by atoms with E-state index < -0.39 is 12.1 Å². The van der Waals surface area contributed by atoms with Gasteiger partial charge in [0.2, 0.25) is 5.91 Å². The van der Waals surface area contributed by atoms with Crippen LogP contribution in [0.1, 0.15) is 296 Å². The summed E-state index contributed by atoms with van der Waals surface area (Å²) in [5, 5.41) is 23.1. The van der Waals surface area contributed by atoms with Gasteiger partial charge in [-0.2, -0.15) is 0 Å². The van der Waals surface area contributed by atoms with Crippen molar-refractivity contribution >= 4 is 11.9 Å². The number of hydrogen-bond acceptors (Lipinski definition) is 5. The summed E-state index contributed by atoms with van der Waals surface area (Å²) in [6, 6.07) is -0.541. The van der Waals surface area contributed by atoms with E-state index >= 15 is 0 Å². The largest absolute Gasteiger partial charge is 0.466 e. The van der Waals surface area contributed by atoms with Crippen molar-refractivity contribution < 1.29 is 24.5 Å². The zero-order valence-electron chi connectivity index (χ0n) is 40.5. The molecule has 0 rings (SSSR count). The third-order valence-electron chi connectivity index (χ3n) is 12.6. The lowest BCUT2D eigenvalue weighted by atomic mass is 10.0. The van der Waals surface area contributed by atoms with Crippen LogP contribution in [0.4, 0.5) is 0 Å². The van der Waals surface area contributed by atoms with Gasteiger partial charge in [0.15, 0.2) is 0 Å². The molecule has 0 spiro atoms. The average Bonchev–Trinajstić information content (AvgIpc) is 3.25. The van der Waals surface area contributed by atoms with Gasteiger partial charge in [-0.15, -0.1) is 0 Å². The minimum atomic E-state index is -0.664. The summed E-state index contributed by atoms with van der Waals surface area (Å²) in [6.07, 6.45) is 57.6. The van der Waals surface area contributed by atoms with Crippen LogP contribution in [-0.2, 0) is 14.3 Å². The molecule has 2 atom stereocenters. The van der Waals surface area contributed by atoms with Crippen LogP contribution in [-0.4, -0.2) is 47.4 Å². The normalized spacial score (nSPS) is 12.7. The van der Waals surface area contributed by atoms with Gasteiger partial charge >= 0.3 is 5.97 Å². The van der Waals surface area contributed by atoms with Crippen LogP contribution in [0, 0.1) is 0 Å². The highest BCUT2D eigenvalue weighted by Gasteiger charge is 2.20. The van der Waals surface area contributed by atoms with E-state index in [0.717, 1.165) is 44.9 Å². The van der Waals surface area contributed by atoms with Gasteiger partial charge in [-0.05, 0) is 51.4 Å². The van der Waals surface area contributed by atoms with Crippen molar-refractivity contribution in [2.75, 3.05) is 13.2 Å². The molecule has 0 fully saturated rings. The van der Waals surface area contributed by atoms with Crippen LogP contribution in [0.3, 0.4) is 0 Å². The zero-order chi connectivity index (χ0) is 43.7. The molecule has 0 saturated carbocycles. The molecule has 0 bridgehead atoms. The first-order valence-corrected chi connectivity index (χ1v) is 26.9. The molecular weight excluding hydrogens is 743 g/mol. The van der Waals surface area contributed by atoms with E-state index in [9.17, 15) is 19.8 Å². The number of nitrogens with one attached hydrogen (secondary N) is 1. The molecule has 60 heavy (non-hydrogen) atoms. The molecule has 356 valence electrons. The maximum absolute atomic E-state index is 12.4. The standard InChI is InChI=1S/C54H105NO5/c1-3-5-7-9-11-13-15-23-28-32-36-40-44-48-54(59)60-49-45-41-37-33-29-25-22-20-18-16-17-19-21-24-27-31-35-39-43-47-53(58)55-51(50-56)52(57)46-42-38-34-30-26-14-12-10-8-6-4-2/h13,15,51-52,56-57H,3-12,14,16-50H2,1-2H3,(H,55,58)/b15-13-. The van der Waals surface area contributed by atoms with Gasteiger partial charge in [0.05, 0.1) is 25.4 Å². The van der Waals surface area contributed by atoms with Gasteiger partial charge in [-0.3, -0.25) is 9.59 Å². The fourth-order valence-electron chi connectivity index (χ4n) is 8.40. The van der Waals surface area contributed by atoms with Crippen LogP contribution < -0.4 is 5.32 Å². The average molecular weight is 848 g/mol. The number of allylic oxidation sites excluding steroid dienone is 2. The highest BCUT2D eigenvalue weighted by Crippen LogP contribution is 2.17. The Morgan fingerprint density at radius 1 is 0.450 bits per heavy atom. The molecule has 3 N–H and O–H groups in total. The van der Waals surface area contributed by atoms with E-state index in [0.29, 0.717) is 25.9 Å². The number of unbranched alkanes of at least 4 members (excludes halogenated alkanes) is 37. The van der Waals surface area contributed by atoms with Crippen LogP contribution >= 0.6 is 0 Å². The molecule has 2 unspecified atom stereocenters. The predicted octanol–water partition coefficient (Wildman–Crippen LogP) is 16.1. The number of hydrogen-bond donors (Lipinski definition) is 3. The van der Waals surface area contributed by atoms with E-state index in [1.165, 1.54) is 218 Å². The molecule has 0 aliphatic carbocycles. The lowest BCUT2D eigenvalue weighted by Gasteiger charge is -2.22. The van der Waals surface area contributed by atoms with E-state index in [2.05, 4.69) is 31.3 Å². The highest BCUT2D eigenvalue weighted by atomic mass is 16.5.